The summed E-state index contributed by atoms with van der Waals surface area (Å²) in [6, 6.07) is 0. The number of nitrogens with two attached hydrogens (primary N) is 2. The molecule has 0 radical (unpaired) electrons. The summed E-state index contributed by atoms with van der Waals surface area (Å²) in [5.74, 6) is -2.43. The van der Waals surface area contributed by atoms with Gasteiger partial charge in [-0.15, -0.1) is 0 Å². The van der Waals surface area contributed by atoms with Crippen molar-refractivity contribution in [2.45, 2.75) is 55.1 Å². The van der Waals surface area contributed by atoms with Gasteiger partial charge in [-0.1, -0.05) is 4.98 Å². The average molecular weight is 1200 g/mol. The van der Waals surface area contributed by atoms with Crippen LogP contribution >= 0.6 is 31.3 Å². The van der Waals surface area contributed by atoms with E-state index in [0.717, 1.165) is 30.7 Å². The zero-order valence-electron chi connectivity index (χ0n) is 41.1. The topological polar surface area (TPSA) is 548 Å². The van der Waals surface area contributed by atoms with Crippen LogP contribution in [0, 0.1) is 11.8 Å². The molecule has 9 rings (SSSR count). The van der Waals surface area contributed by atoms with Gasteiger partial charge in [0.25, 0.3) is 17.1 Å². The molecule has 14 atom stereocenters. The standard InChI is InChI=1S/C36H51N15O24P4/c1-4-39-26-21-27(41-12-40-26)51(14-42-21)36(66-3)11-68-20(25(36)73-76(58,59)69-8-19-24(54)35(57,10-67-19)50-13-43-22-28(50)44-33(37)46-30(22)55)9-71-78(62,63)75-79(64,65)74-77(60,61)70-7-18-16(5-52)17(6-53)32(72-18)49-15-48(2)23-29(49)45-34(38)47-31(23)56/h12-20,24-25,32,52-54,57H,4-11H2,1-3H3,(H10-,37,38,39,40,41,44,45,46,47,55,56,58,59,60,61,62,63,64,65)/p+1/t16?,17?,18-,19-,20-,24?,25?,32-,35?,36?/m1/s1. The van der Waals surface area contributed by atoms with Crippen molar-refractivity contribution in [2.75, 3.05) is 76.7 Å². The highest BCUT2D eigenvalue weighted by Gasteiger charge is 2.58. The van der Waals surface area contributed by atoms with Crippen LogP contribution in [-0.2, 0) is 82.4 Å². The number of aryl methyl sites for hydroxylation is 1. The van der Waals surface area contributed by atoms with E-state index in [9.17, 15) is 67.8 Å². The van der Waals surface area contributed by atoms with E-state index < -0.39 is 149 Å². The number of imidazole rings is 3. The Labute approximate surface area is 440 Å². The number of fused-ring (bicyclic) bond motifs is 3. The third-order valence-corrected chi connectivity index (χ3v) is 18.2. The average Bonchev–Trinajstić information content (AvgIpc) is 4.25. The van der Waals surface area contributed by atoms with Crippen molar-refractivity contribution in [3.8, 4) is 0 Å². The molecule has 15 N–H and O–H groups in total. The summed E-state index contributed by atoms with van der Waals surface area (Å²) in [5.41, 5.74) is 5.18. The predicted molar refractivity (Wildman–Crippen MR) is 258 cm³/mol. The number of H-pyrrole nitrogens is 2. The summed E-state index contributed by atoms with van der Waals surface area (Å²) in [6.45, 7) is -3.83. The Hall–Kier alpha value is -5.15. The van der Waals surface area contributed by atoms with Crippen LogP contribution in [-0.4, -0.2) is 184 Å². The molecule has 3 aliphatic heterocycles. The molecule has 43 heteroatoms. The number of nitrogens with zero attached hydrogens (tertiary/aromatic N) is 10. The van der Waals surface area contributed by atoms with Gasteiger partial charge in [0.05, 0.1) is 65.4 Å². The van der Waals surface area contributed by atoms with E-state index in [1.807, 2.05) is 0 Å². The number of rotatable bonds is 23. The second kappa shape index (κ2) is 22.0. The Morgan fingerprint density at radius 2 is 1.41 bits per heavy atom. The lowest BCUT2D eigenvalue weighted by Gasteiger charge is -2.35. The summed E-state index contributed by atoms with van der Waals surface area (Å²) in [4.78, 5) is 97.3. The zero-order valence-corrected chi connectivity index (χ0v) is 44.7. The Morgan fingerprint density at radius 1 is 0.797 bits per heavy atom. The van der Waals surface area contributed by atoms with E-state index in [4.69, 9.17) is 48.5 Å². The van der Waals surface area contributed by atoms with Crippen LogP contribution < -0.4 is 32.5 Å². The molecule has 0 saturated carbocycles. The minimum atomic E-state index is -6.20. The fourth-order valence-corrected chi connectivity index (χ4v) is 13.9. The maximum Gasteiger partial charge on any atom is 0.490 e. The molecule has 9 heterocycles. The van der Waals surface area contributed by atoms with Gasteiger partial charge in [0, 0.05) is 32.1 Å². The first-order valence-electron chi connectivity index (χ1n) is 23.0. The van der Waals surface area contributed by atoms with Gasteiger partial charge < -0.3 is 75.7 Å². The minimum absolute atomic E-state index is 0.00370. The third kappa shape index (κ3) is 11.3. The number of aliphatic hydroxyl groups is 4. The van der Waals surface area contributed by atoms with Crippen LogP contribution in [0.2, 0.25) is 0 Å². The van der Waals surface area contributed by atoms with Crippen molar-refractivity contribution < 1.29 is 108 Å². The van der Waals surface area contributed by atoms with Crippen molar-refractivity contribution in [1.82, 2.24) is 53.6 Å². The number of anilines is 3. The lowest BCUT2D eigenvalue weighted by molar-refractivity contribution is -0.746. The third-order valence-electron chi connectivity index (χ3n) is 13.0. The molecule has 79 heavy (non-hydrogen) atoms. The van der Waals surface area contributed by atoms with Crippen LogP contribution in [0.3, 0.4) is 0 Å². The molecule has 10 unspecified atom stereocenters. The molecule has 3 fully saturated rings. The number of aromatic amines is 2. The van der Waals surface area contributed by atoms with Crippen LogP contribution in [0.1, 0.15) is 13.2 Å². The van der Waals surface area contributed by atoms with Gasteiger partial charge in [0.1, 0.15) is 30.7 Å². The quantitative estimate of drug-likeness (QED) is 0.0216. The van der Waals surface area contributed by atoms with Crippen molar-refractivity contribution in [1.29, 1.82) is 0 Å². The highest BCUT2D eigenvalue weighted by atomic mass is 31.3. The molecule has 0 aliphatic carbocycles. The molecule has 0 amide bonds. The number of methoxy groups -OCH3 is 1. The number of aliphatic hydroxyl groups excluding tert-OH is 3. The van der Waals surface area contributed by atoms with Gasteiger partial charge >= 0.3 is 36.9 Å². The van der Waals surface area contributed by atoms with Gasteiger partial charge in [0.2, 0.25) is 11.5 Å². The smallest absolute Gasteiger partial charge is 0.396 e. The number of phosphoric acid groups is 4. The molecular weight excluding hydrogens is 1150 g/mol. The van der Waals surface area contributed by atoms with Gasteiger partial charge in [-0.3, -0.25) is 51.4 Å². The van der Waals surface area contributed by atoms with Gasteiger partial charge in [-0.2, -0.15) is 13.6 Å². The van der Waals surface area contributed by atoms with Gasteiger partial charge in [-0.05, 0) is 6.92 Å². The van der Waals surface area contributed by atoms with E-state index in [-0.39, 0.29) is 51.2 Å². The highest BCUT2D eigenvalue weighted by molar-refractivity contribution is 7.66. The Bertz CT molecular complexity index is 3580. The second-order valence-electron chi connectivity index (χ2n) is 17.8. The first-order valence-corrected chi connectivity index (χ1v) is 29.0. The van der Waals surface area contributed by atoms with Crippen LogP contribution in [0.15, 0.2) is 34.9 Å². The lowest BCUT2D eigenvalue weighted by Crippen LogP contribution is -2.50. The van der Waals surface area contributed by atoms with Crippen molar-refractivity contribution in [2.24, 2.45) is 18.9 Å². The Morgan fingerprint density at radius 3 is 2.08 bits per heavy atom. The monoisotopic (exact) mass is 1200 g/mol. The summed E-state index contributed by atoms with van der Waals surface area (Å²) in [5, 5.41) is 46.4. The van der Waals surface area contributed by atoms with E-state index in [2.05, 4.69) is 53.8 Å². The number of ether oxygens (including phenoxy) is 4. The number of nitrogen functional groups attached to an aromatic ring is 2. The van der Waals surface area contributed by atoms with Crippen LogP contribution in [0.25, 0.3) is 33.5 Å². The fourth-order valence-electron chi connectivity index (χ4n) is 9.36. The SMILES string of the molecule is CCNc1ncnc2c1ncn2C1(OC)CO[C@H](COP(=O)(O)OP(=O)(O)OP(=O)(O)OC[C@H]2O[C@@H]([n+]3cn(C)c4c(=O)[nH]c(N)nc43)C(CO)C2CO)C1OP(=O)(O)OC[C@H]1OCC(O)(n2cnc3c(=O)[nH]c(N)nc32)C1O. The Balaban J connectivity index is 0.890. The number of hydrogen-bond acceptors (Lipinski definition) is 29. The predicted octanol–water partition coefficient (Wildman–Crippen LogP) is -3.79. The summed E-state index contributed by atoms with van der Waals surface area (Å²) in [6.07, 6.45) is -5.34. The molecule has 0 spiro atoms. The van der Waals surface area contributed by atoms with Crippen LogP contribution in [0.4, 0.5) is 17.7 Å². The van der Waals surface area contributed by atoms with E-state index in [1.54, 1.807) is 6.92 Å². The molecule has 0 aromatic carbocycles. The normalized spacial score (nSPS) is 29.5. The van der Waals surface area contributed by atoms with Gasteiger partial charge in [-0.25, -0.2) is 42.8 Å². The maximum absolute atomic E-state index is 14.0. The van der Waals surface area contributed by atoms with Crippen molar-refractivity contribution in [3.63, 3.8) is 0 Å². The molecule has 6 aromatic heterocycles. The maximum atomic E-state index is 14.0. The first kappa shape index (κ1) is 58.5. The first-order chi connectivity index (χ1) is 37.2. The lowest BCUT2D eigenvalue weighted by atomic mass is 9.91. The van der Waals surface area contributed by atoms with Crippen LogP contribution in [0.5, 0.6) is 0 Å². The summed E-state index contributed by atoms with van der Waals surface area (Å²) >= 11 is 0. The zero-order chi connectivity index (χ0) is 57.2. The summed E-state index contributed by atoms with van der Waals surface area (Å²) < 4.78 is 111. The number of phosphoric ester groups is 3. The molecule has 0 bridgehead atoms. The number of aromatic nitrogens is 12. The highest BCUT2D eigenvalue weighted by Crippen LogP contribution is 2.68. The fraction of sp³-hybridized carbons (Fsp3) is 0.583. The van der Waals surface area contributed by atoms with Crippen molar-refractivity contribution >= 4 is 82.5 Å². The molecule has 434 valence electrons. The minimum Gasteiger partial charge on any atom is -0.396 e. The van der Waals surface area contributed by atoms with E-state index >= 15 is 0 Å². The molecular formula is C36H52N15O24P4+. The molecule has 3 aliphatic rings. The van der Waals surface area contributed by atoms with E-state index in [0.29, 0.717) is 6.54 Å². The largest absolute Gasteiger partial charge is 0.490 e. The number of hydrogen-bond donors (Lipinski definition) is 13. The molecule has 6 aromatic rings. The molecule has 39 nitrogen and oxygen atoms in total. The summed E-state index contributed by atoms with van der Waals surface area (Å²) in [7, 11) is -20.9. The van der Waals surface area contributed by atoms with Gasteiger partial charge in [0.15, 0.2) is 52.2 Å². The molecule has 3 saturated heterocycles. The number of nitrogens with one attached hydrogen (secondary N) is 3. The second-order valence-corrected chi connectivity index (χ2v) is 23.9. The Kier molecular flexibility index (Phi) is 16.3. The van der Waals surface area contributed by atoms with E-state index in [1.165, 1.54) is 27.1 Å². The van der Waals surface area contributed by atoms with Crippen molar-refractivity contribution in [3.05, 3.63) is 46.0 Å².